The summed E-state index contributed by atoms with van der Waals surface area (Å²) in [6, 6.07) is 0. The average Bonchev–Trinajstić information content (AvgIpc) is 1.79. The number of nitrogens with two attached hydrogens (primary N) is 1. The molecule has 0 aromatic heterocycles. The van der Waals surface area contributed by atoms with Gasteiger partial charge >= 0.3 is 0 Å². The molecule has 8 heteroatoms. The molecule has 0 saturated carbocycles. The fourth-order valence-corrected chi connectivity index (χ4v) is 0.476. The third-order valence-corrected chi connectivity index (χ3v) is 1.66. The van der Waals surface area contributed by atoms with Crippen molar-refractivity contribution in [3.63, 3.8) is 0 Å². The Morgan fingerprint density at radius 2 is 1.53 bits per heavy atom. The van der Waals surface area contributed by atoms with E-state index in [2.05, 4.69) is 0 Å². The van der Waals surface area contributed by atoms with E-state index in [1.165, 1.54) is 0 Å². The maximum absolute atomic E-state index is 9.43. The highest BCUT2D eigenvalue weighted by atomic mass is 35.7. The summed E-state index contributed by atoms with van der Waals surface area (Å²) in [5.41, 5.74) is 3.68. The summed E-state index contributed by atoms with van der Waals surface area (Å²) in [5, 5.41) is 9.43. The Bertz CT molecular complexity index is 167. The van der Waals surface area contributed by atoms with Crippen molar-refractivity contribution in [3.8, 4) is 0 Å². The molecule has 0 bridgehead atoms. The molecule has 0 aromatic carbocycles. The predicted molar refractivity (Wildman–Crippen MR) is 42.7 cm³/mol. The van der Waals surface area contributed by atoms with Crippen LogP contribution in [0.25, 0.3) is 0 Å². The Labute approximate surface area is 90.8 Å². The van der Waals surface area contributed by atoms with Gasteiger partial charge in [-0.25, -0.2) is 0 Å². The van der Waals surface area contributed by atoms with Gasteiger partial charge < -0.3 is 15.6 Å². The van der Waals surface area contributed by atoms with Crippen LogP contribution in [-0.4, -0.2) is 27.7 Å². The Hall–Kier alpha value is 0.01000. The third kappa shape index (κ3) is 11.9. The zero-order valence-electron chi connectivity index (χ0n) is 9.19. The highest BCUT2D eigenvalue weighted by Gasteiger charge is 2.36. The zero-order chi connectivity index (χ0) is 12.9. The number of aliphatic hydroxyl groups is 1. The van der Waals surface area contributed by atoms with Gasteiger partial charge in [-0.15, -0.1) is 0 Å². The molecule has 0 aliphatic heterocycles. The van der Waals surface area contributed by atoms with Crippen molar-refractivity contribution in [3.05, 3.63) is 0 Å². The molecule has 0 radical (unpaired) electrons. The molecule has 94 valence electrons. The summed E-state index contributed by atoms with van der Waals surface area (Å²) in [7, 11) is -4.69. The lowest BCUT2D eigenvalue weighted by atomic mass is 9.97. The first-order valence-corrected chi connectivity index (χ1v) is 5.36. The topological polar surface area (TPSA) is 145 Å². The number of ether oxygens (including phenoxy) is 1. The normalized spacial score (nSPS) is 16.4. The molecular weight excluding hydrogens is 230 g/mol. The fourth-order valence-electron chi connectivity index (χ4n) is 0.476. The quantitative estimate of drug-likeness (QED) is 0.436. The average molecular weight is 248 g/mol. The Morgan fingerprint density at radius 3 is 1.60 bits per heavy atom. The van der Waals surface area contributed by atoms with Crippen molar-refractivity contribution < 1.29 is 38.7 Å². The van der Waals surface area contributed by atoms with Crippen LogP contribution < -0.4 is 19.7 Å². The molecule has 0 aliphatic carbocycles. The van der Waals surface area contributed by atoms with Crippen molar-refractivity contribution in [2.75, 3.05) is 6.61 Å². The van der Waals surface area contributed by atoms with Gasteiger partial charge in [0.1, 0.15) is 11.3 Å². The summed E-state index contributed by atoms with van der Waals surface area (Å²) >= 11 is 0. The molecule has 1 atom stereocenters. The van der Waals surface area contributed by atoms with E-state index in [4.69, 9.17) is 29.1 Å². The van der Waals surface area contributed by atoms with E-state index in [0.717, 1.165) is 0 Å². The monoisotopic (exact) mass is 247 g/mol. The predicted octanol–water partition coefficient (Wildman–Crippen LogP) is -3.66. The van der Waals surface area contributed by atoms with Crippen LogP contribution in [-0.2, 0) is 4.74 Å². The van der Waals surface area contributed by atoms with Gasteiger partial charge in [-0.05, 0) is 27.7 Å². The number of halogens is 1. The number of hydrogen-bond acceptors (Lipinski definition) is 7. The Morgan fingerprint density at radius 1 is 1.27 bits per heavy atom. The van der Waals surface area contributed by atoms with Crippen LogP contribution in [0.4, 0.5) is 0 Å². The van der Waals surface area contributed by atoms with Gasteiger partial charge in [-0.1, -0.05) is 0 Å². The molecule has 4 N–H and O–H groups in total. The van der Waals surface area contributed by atoms with Gasteiger partial charge in [0.25, 0.3) is 0 Å². The van der Waals surface area contributed by atoms with Gasteiger partial charge in [-0.3, -0.25) is 0 Å². The molecule has 0 aliphatic rings. The summed E-state index contributed by atoms with van der Waals surface area (Å²) in [6.45, 7) is 7.27. The maximum Gasteiger partial charge on any atom is 0.142 e. The summed E-state index contributed by atoms with van der Waals surface area (Å²) < 4.78 is 37.8. The maximum atomic E-state index is 9.43. The first kappa shape index (κ1) is 17.4. The Kier molecular flexibility index (Phi) is 6.87. The lowest BCUT2D eigenvalue weighted by molar-refractivity contribution is -1.92. The summed E-state index contributed by atoms with van der Waals surface area (Å²) in [4.78, 5) is 0. The van der Waals surface area contributed by atoms with Crippen LogP contribution in [0.5, 0.6) is 0 Å². The number of hydrogen-bond donors (Lipinski definition) is 3. The Balaban J connectivity index is 0. The molecule has 0 aromatic rings. The molecule has 1 unspecified atom stereocenters. The second-order valence-electron chi connectivity index (χ2n) is 3.50. The van der Waals surface area contributed by atoms with Gasteiger partial charge in [0.05, 0.1) is 14.9 Å². The molecular formula is C7H18ClNO6. The molecule has 0 amide bonds. The minimum Gasteiger partial charge on any atom is -0.386 e. The molecule has 15 heavy (non-hydrogen) atoms. The third-order valence-electron chi connectivity index (χ3n) is 1.66. The standard InChI is InChI=1S/C7H17NO2.ClHO4/c1-5-10-7(4,8)6(2,3)9;2-1(3,4)5/h9H,5,8H2,1-4H3;(H,2,3,4,5). The molecule has 0 saturated heterocycles. The lowest BCUT2D eigenvalue weighted by Gasteiger charge is -2.36. The van der Waals surface area contributed by atoms with E-state index >= 15 is 0 Å². The van der Waals surface area contributed by atoms with E-state index in [0.29, 0.717) is 6.61 Å². The highest BCUT2D eigenvalue weighted by molar-refractivity contribution is 4.85. The molecule has 0 rings (SSSR count). The van der Waals surface area contributed by atoms with Gasteiger partial charge in [0.15, 0.2) is 0 Å². The van der Waals surface area contributed by atoms with E-state index in [9.17, 15) is 5.11 Å². The van der Waals surface area contributed by atoms with Gasteiger partial charge in [0.2, 0.25) is 0 Å². The minimum atomic E-state index is -4.69. The van der Waals surface area contributed by atoms with Gasteiger partial charge in [0, 0.05) is 6.61 Å². The highest BCUT2D eigenvalue weighted by Crippen LogP contribution is 2.19. The van der Waals surface area contributed by atoms with Crippen molar-refractivity contribution >= 4 is 0 Å². The van der Waals surface area contributed by atoms with E-state index < -0.39 is 21.6 Å². The summed E-state index contributed by atoms with van der Waals surface area (Å²) in [6.07, 6.45) is 0. The second kappa shape index (κ2) is 5.92. The van der Waals surface area contributed by atoms with E-state index in [1.54, 1.807) is 20.8 Å². The first-order chi connectivity index (χ1) is 6.31. The van der Waals surface area contributed by atoms with Crippen molar-refractivity contribution in [2.45, 2.75) is 39.0 Å². The van der Waals surface area contributed by atoms with E-state index in [1.807, 2.05) is 6.92 Å². The molecule has 0 fully saturated rings. The second-order valence-corrected chi connectivity index (χ2v) is 4.29. The lowest BCUT2D eigenvalue weighted by Crippen LogP contribution is -2.58. The van der Waals surface area contributed by atoms with Crippen LogP contribution in [0, 0.1) is 10.2 Å². The van der Waals surface area contributed by atoms with Crippen LogP contribution in [0.1, 0.15) is 27.7 Å². The van der Waals surface area contributed by atoms with Crippen LogP contribution >= 0.6 is 0 Å². The zero-order valence-corrected chi connectivity index (χ0v) is 9.95. The van der Waals surface area contributed by atoms with E-state index in [-0.39, 0.29) is 0 Å². The van der Waals surface area contributed by atoms with Crippen molar-refractivity contribution in [2.24, 2.45) is 5.73 Å². The summed E-state index contributed by atoms with van der Waals surface area (Å²) in [5.74, 6) is 0. The molecule has 0 heterocycles. The smallest absolute Gasteiger partial charge is 0.142 e. The molecule has 0 spiro atoms. The first-order valence-electron chi connectivity index (χ1n) is 4.09. The van der Waals surface area contributed by atoms with Crippen LogP contribution in [0.2, 0.25) is 0 Å². The largest absolute Gasteiger partial charge is 0.386 e. The number of rotatable bonds is 3. The van der Waals surface area contributed by atoms with Crippen molar-refractivity contribution in [1.82, 2.24) is 0 Å². The van der Waals surface area contributed by atoms with Crippen LogP contribution in [0.15, 0.2) is 0 Å². The SMILES string of the molecule is CCOC(C)(N)C(C)(C)O.[O-][Cl+3]([O-])([O-])O. The van der Waals surface area contributed by atoms with Crippen LogP contribution in [0.3, 0.4) is 0 Å². The molecule has 7 nitrogen and oxygen atoms in total. The minimum absolute atomic E-state index is 0.511. The fraction of sp³-hybridized carbons (Fsp3) is 1.00. The van der Waals surface area contributed by atoms with Crippen molar-refractivity contribution in [1.29, 1.82) is 0 Å². The van der Waals surface area contributed by atoms with Gasteiger partial charge in [-0.2, -0.15) is 14.0 Å².